The van der Waals surface area contributed by atoms with Crippen LogP contribution in [0.5, 0.6) is 17.2 Å². The fourth-order valence-corrected chi connectivity index (χ4v) is 2.61. The molecule has 3 aromatic rings. The monoisotopic (exact) mass is 389 g/mol. The molecular formula is C18H16ClN3O5. The summed E-state index contributed by atoms with van der Waals surface area (Å²) in [5.41, 5.74) is 0.950. The third-order valence-electron chi connectivity index (χ3n) is 3.65. The SMILES string of the molecule is COc1cc(NC(=O)c2nnc(-c3ccccc3Cl)o2)cc(OC)c1OC. The maximum atomic E-state index is 12.4. The Morgan fingerprint density at radius 2 is 1.70 bits per heavy atom. The second kappa shape index (κ2) is 7.96. The molecule has 0 radical (unpaired) electrons. The molecule has 1 heterocycles. The van der Waals surface area contributed by atoms with E-state index in [0.717, 1.165) is 0 Å². The Morgan fingerprint density at radius 1 is 1.04 bits per heavy atom. The number of rotatable bonds is 6. The van der Waals surface area contributed by atoms with Crippen molar-refractivity contribution in [2.24, 2.45) is 0 Å². The van der Waals surface area contributed by atoms with Crippen molar-refractivity contribution in [3.63, 3.8) is 0 Å². The van der Waals surface area contributed by atoms with Gasteiger partial charge in [0.05, 0.1) is 31.9 Å². The van der Waals surface area contributed by atoms with Gasteiger partial charge in [-0.25, -0.2) is 0 Å². The molecule has 8 nitrogen and oxygen atoms in total. The molecule has 0 fully saturated rings. The van der Waals surface area contributed by atoms with Crippen molar-refractivity contribution in [2.45, 2.75) is 0 Å². The van der Waals surface area contributed by atoms with E-state index < -0.39 is 5.91 Å². The lowest BCUT2D eigenvalue weighted by atomic mass is 10.2. The van der Waals surface area contributed by atoms with Gasteiger partial charge in [0.2, 0.25) is 11.6 Å². The second-order valence-electron chi connectivity index (χ2n) is 5.26. The van der Waals surface area contributed by atoms with Crippen LogP contribution >= 0.6 is 11.6 Å². The van der Waals surface area contributed by atoms with Crippen LogP contribution in [0.1, 0.15) is 10.7 Å². The van der Waals surface area contributed by atoms with Crippen LogP contribution in [-0.4, -0.2) is 37.4 Å². The van der Waals surface area contributed by atoms with Gasteiger partial charge >= 0.3 is 11.8 Å². The number of nitrogens with zero attached hydrogens (tertiary/aromatic N) is 2. The number of benzene rings is 2. The summed E-state index contributed by atoms with van der Waals surface area (Å²) < 4.78 is 21.2. The number of aromatic nitrogens is 2. The van der Waals surface area contributed by atoms with E-state index in [-0.39, 0.29) is 11.8 Å². The summed E-state index contributed by atoms with van der Waals surface area (Å²) in [7, 11) is 4.46. The number of hydrogen-bond donors (Lipinski definition) is 1. The molecule has 2 aromatic carbocycles. The standard InChI is InChI=1S/C18H16ClN3O5/c1-24-13-8-10(9-14(25-2)15(13)26-3)20-16(23)18-22-21-17(27-18)11-6-4-5-7-12(11)19/h4-9H,1-3H3,(H,20,23). The molecule has 0 atom stereocenters. The molecule has 0 unspecified atom stereocenters. The number of amides is 1. The molecule has 0 saturated carbocycles. The van der Waals surface area contributed by atoms with Crippen molar-refractivity contribution in [1.82, 2.24) is 10.2 Å². The highest BCUT2D eigenvalue weighted by molar-refractivity contribution is 6.33. The predicted molar refractivity (Wildman–Crippen MR) is 98.8 cm³/mol. The van der Waals surface area contributed by atoms with Crippen LogP contribution in [0, 0.1) is 0 Å². The molecule has 0 aliphatic heterocycles. The Hall–Kier alpha value is -3.26. The van der Waals surface area contributed by atoms with Gasteiger partial charge in [0.1, 0.15) is 0 Å². The third kappa shape index (κ3) is 3.80. The molecule has 1 amide bonds. The highest BCUT2D eigenvalue weighted by Gasteiger charge is 2.19. The lowest BCUT2D eigenvalue weighted by molar-refractivity contribution is 0.0991. The Kier molecular flexibility index (Phi) is 5.46. The van der Waals surface area contributed by atoms with E-state index in [1.807, 2.05) is 0 Å². The van der Waals surface area contributed by atoms with Crippen LogP contribution in [0.25, 0.3) is 11.5 Å². The number of ether oxygens (including phenoxy) is 3. The molecule has 0 aliphatic carbocycles. The largest absolute Gasteiger partial charge is 0.493 e. The van der Waals surface area contributed by atoms with Gasteiger partial charge in [-0.05, 0) is 12.1 Å². The molecule has 1 aromatic heterocycles. The van der Waals surface area contributed by atoms with E-state index in [1.165, 1.54) is 21.3 Å². The number of halogens is 1. The molecule has 0 spiro atoms. The minimum absolute atomic E-state index is 0.149. The first-order chi connectivity index (χ1) is 13.1. The fraction of sp³-hybridized carbons (Fsp3) is 0.167. The molecule has 1 N–H and O–H groups in total. The van der Waals surface area contributed by atoms with Gasteiger partial charge in [-0.15, -0.1) is 10.2 Å². The fourth-order valence-electron chi connectivity index (χ4n) is 2.40. The highest BCUT2D eigenvalue weighted by atomic mass is 35.5. The Balaban J connectivity index is 1.85. The number of anilines is 1. The normalized spacial score (nSPS) is 10.4. The summed E-state index contributed by atoms with van der Waals surface area (Å²) in [4.78, 5) is 12.4. The lowest BCUT2D eigenvalue weighted by Gasteiger charge is -2.14. The zero-order chi connectivity index (χ0) is 19.4. The molecule has 3 rings (SSSR count). The van der Waals surface area contributed by atoms with Crippen molar-refractivity contribution in [2.75, 3.05) is 26.6 Å². The maximum absolute atomic E-state index is 12.4. The summed E-state index contributed by atoms with van der Waals surface area (Å²) in [6, 6.07) is 10.1. The van der Waals surface area contributed by atoms with Gasteiger partial charge in [-0.2, -0.15) is 0 Å². The van der Waals surface area contributed by atoms with Gasteiger partial charge in [0, 0.05) is 17.8 Å². The predicted octanol–water partition coefficient (Wildman–Crippen LogP) is 3.67. The van der Waals surface area contributed by atoms with Crippen molar-refractivity contribution >= 4 is 23.2 Å². The molecule has 27 heavy (non-hydrogen) atoms. The summed E-state index contributed by atoms with van der Waals surface area (Å²) in [6.07, 6.45) is 0. The maximum Gasteiger partial charge on any atom is 0.313 e. The Morgan fingerprint density at radius 3 is 2.30 bits per heavy atom. The topological polar surface area (TPSA) is 95.7 Å². The van der Waals surface area contributed by atoms with Crippen LogP contribution in [0.15, 0.2) is 40.8 Å². The van der Waals surface area contributed by atoms with Crippen molar-refractivity contribution < 1.29 is 23.4 Å². The molecular weight excluding hydrogens is 374 g/mol. The zero-order valence-electron chi connectivity index (χ0n) is 14.8. The van der Waals surface area contributed by atoms with Crippen molar-refractivity contribution in [3.8, 4) is 28.7 Å². The van der Waals surface area contributed by atoms with E-state index >= 15 is 0 Å². The number of carbonyl (C=O) groups is 1. The second-order valence-corrected chi connectivity index (χ2v) is 5.67. The number of hydrogen-bond acceptors (Lipinski definition) is 7. The lowest BCUT2D eigenvalue weighted by Crippen LogP contribution is -2.12. The molecule has 0 saturated heterocycles. The quantitative estimate of drug-likeness (QED) is 0.687. The molecule has 9 heteroatoms. The van der Waals surface area contributed by atoms with E-state index in [0.29, 0.717) is 33.5 Å². The average molecular weight is 390 g/mol. The van der Waals surface area contributed by atoms with Gasteiger partial charge in [-0.1, -0.05) is 23.7 Å². The van der Waals surface area contributed by atoms with E-state index in [4.69, 9.17) is 30.2 Å². The summed E-state index contributed by atoms with van der Waals surface area (Å²) >= 11 is 6.10. The first-order valence-electron chi connectivity index (χ1n) is 7.77. The average Bonchev–Trinajstić information content (AvgIpc) is 3.17. The van der Waals surface area contributed by atoms with E-state index in [1.54, 1.807) is 36.4 Å². The minimum Gasteiger partial charge on any atom is -0.493 e. The van der Waals surface area contributed by atoms with Crippen LogP contribution in [0.2, 0.25) is 5.02 Å². The van der Waals surface area contributed by atoms with Gasteiger partial charge in [-0.3, -0.25) is 4.79 Å². The van der Waals surface area contributed by atoms with Crippen molar-refractivity contribution in [3.05, 3.63) is 47.3 Å². The number of carbonyl (C=O) groups excluding carboxylic acids is 1. The number of nitrogens with one attached hydrogen (secondary N) is 1. The third-order valence-corrected chi connectivity index (χ3v) is 3.98. The number of methoxy groups -OCH3 is 3. The van der Waals surface area contributed by atoms with Crippen LogP contribution in [0.3, 0.4) is 0 Å². The van der Waals surface area contributed by atoms with Crippen LogP contribution in [0.4, 0.5) is 5.69 Å². The highest BCUT2D eigenvalue weighted by Crippen LogP contribution is 2.40. The molecule has 0 bridgehead atoms. The molecule has 0 aliphatic rings. The van der Waals surface area contributed by atoms with Gasteiger partial charge < -0.3 is 23.9 Å². The van der Waals surface area contributed by atoms with Gasteiger partial charge in [0.25, 0.3) is 0 Å². The summed E-state index contributed by atoms with van der Waals surface area (Å²) in [6.45, 7) is 0. The smallest absolute Gasteiger partial charge is 0.313 e. The Bertz CT molecular complexity index is 948. The Labute approximate surface area is 160 Å². The summed E-state index contributed by atoms with van der Waals surface area (Å²) in [5.74, 6) is 0.560. The zero-order valence-corrected chi connectivity index (χ0v) is 15.5. The summed E-state index contributed by atoms with van der Waals surface area (Å²) in [5, 5.41) is 10.7. The van der Waals surface area contributed by atoms with Gasteiger partial charge in [0.15, 0.2) is 11.5 Å². The first-order valence-corrected chi connectivity index (χ1v) is 8.15. The van der Waals surface area contributed by atoms with Crippen molar-refractivity contribution in [1.29, 1.82) is 0 Å². The van der Waals surface area contributed by atoms with E-state index in [2.05, 4.69) is 15.5 Å². The van der Waals surface area contributed by atoms with Crippen LogP contribution in [-0.2, 0) is 0 Å². The van der Waals surface area contributed by atoms with Crippen LogP contribution < -0.4 is 19.5 Å². The molecule has 140 valence electrons. The first kappa shape index (κ1) is 18.5. The minimum atomic E-state index is -0.588. The van der Waals surface area contributed by atoms with E-state index in [9.17, 15) is 4.79 Å².